The molecule has 0 spiro atoms. The van der Waals surface area contributed by atoms with Gasteiger partial charge in [0.2, 0.25) is 0 Å². The van der Waals surface area contributed by atoms with Gasteiger partial charge in [-0.15, -0.1) is 0 Å². The van der Waals surface area contributed by atoms with E-state index < -0.39 is 0 Å². The lowest BCUT2D eigenvalue weighted by molar-refractivity contribution is -0.147. The number of rotatable bonds is 11. The molecule has 0 bridgehead atoms. The van der Waals surface area contributed by atoms with Crippen LogP contribution in [-0.2, 0) is 9.53 Å². The second-order valence-corrected chi connectivity index (χ2v) is 5.45. The van der Waals surface area contributed by atoms with Crippen molar-refractivity contribution in [3.05, 3.63) is 0 Å². The highest BCUT2D eigenvalue weighted by Gasteiger charge is 2.12. The van der Waals surface area contributed by atoms with Crippen LogP contribution >= 0.6 is 0 Å². The Morgan fingerprint density at radius 3 is 2.39 bits per heavy atom. The van der Waals surface area contributed by atoms with Crippen LogP contribution in [0.25, 0.3) is 0 Å². The zero-order chi connectivity index (χ0) is 13.8. The second kappa shape index (κ2) is 11.5. The number of esters is 1. The van der Waals surface area contributed by atoms with Crippen molar-refractivity contribution in [2.45, 2.75) is 59.8 Å². The van der Waals surface area contributed by atoms with Gasteiger partial charge in [0.15, 0.2) is 0 Å². The molecule has 0 aromatic rings. The molecule has 0 rings (SSSR count). The van der Waals surface area contributed by atoms with Crippen LogP contribution in [0.2, 0.25) is 0 Å². The van der Waals surface area contributed by atoms with Gasteiger partial charge in [-0.05, 0) is 25.8 Å². The van der Waals surface area contributed by atoms with Crippen LogP contribution in [0.4, 0.5) is 0 Å². The molecule has 3 heteroatoms. The maximum Gasteiger partial charge on any atom is 0.309 e. The van der Waals surface area contributed by atoms with E-state index in [9.17, 15) is 4.79 Å². The normalized spacial score (nSPS) is 12.7. The molecule has 108 valence electrons. The zero-order valence-electron chi connectivity index (χ0n) is 12.6. The summed E-state index contributed by atoms with van der Waals surface area (Å²) in [5.74, 6) is 0.696. The summed E-state index contributed by atoms with van der Waals surface area (Å²) in [6.45, 7) is 10.5. The van der Waals surface area contributed by atoms with Gasteiger partial charge in [-0.25, -0.2) is 0 Å². The minimum Gasteiger partial charge on any atom is -0.466 e. The van der Waals surface area contributed by atoms with E-state index in [4.69, 9.17) is 4.74 Å². The first-order chi connectivity index (χ1) is 8.57. The third kappa shape index (κ3) is 10.6. The number of ether oxygens (including phenoxy) is 1. The highest BCUT2D eigenvalue weighted by atomic mass is 16.5. The van der Waals surface area contributed by atoms with E-state index in [1.54, 1.807) is 0 Å². The summed E-state index contributed by atoms with van der Waals surface area (Å²) in [6.07, 6.45) is 6.50. The van der Waals surface area contributed by atoms with Gasteiger partial charge in [0.1, 0.15) is 0 Å². The number of nitrogens with one attached hydrogen (secondary N) is 1. The monoisotopic (exact) mass is 257 g/mol. The van der Waals surface area contributed by atoms with Gasteiger partial charge in [-0.2, -0.15) is 0 Å². The average Bonchev–Trinajstić information content (AvgIpc) is 2.32. The van der Waals surface area contributed by atoms with Crippen molar-refractivity contribution < 1.29 is 9.53 Å². The third-order valence-corrected chi connectivity index (χ3v) is 3.02. The average molecular weight is 257 g/mol. The molecule has 0 fully saturated rings. The van der Waals surface area contributed by atoms with Crippen molar-refractivity contribution in [1.29, 1.82) is 0 Å². The summed E-state index contributed by atoms with van der Waals surface area (Å²) in [4.78, 5) is 11.3. The molecule has 0 saturated heterocycles. The van der Waals surface area contributed by atoms with E-state index in [-0.39, 0.29) is 11.9 Å². The number of carbonyl (C=O) groups excluding carboxylic acids is 1. The van der Waals surface area contributed by atoms with Gasteiger partial charge in [-0.3, -0.25) is 4.79 Å². The number of hydrogen-bond acceptors (Lipinski definition) is 3. The summed E-state index contributed by atoms with van der Waals surface area (Å²) >= 11 is 0. The van der Waals surface area contributed by atoms with Gasteiger partial charge >= 0.3 is 5.97 Å². The first kappa shape index (κ1) is 17.4. The van der Waals surface area contributed by atoms with Crippen LogP contribution in [0.1, 0.15) is 59.8 Å². The molecule has 0 aliphatic rings. The van der Waals surface area contributed by atoms with Crippen LogP contribution in [0.5, 0.6) is 0 Å². The van der Waals surface area contributed by atoms with Crippen LogP contribution in [-0.4, -0.2) is 25.7 Å². The number of unbranched alkanes of at least 4 members (excludes halogenated alkanes) is 3. The predicted molar refractivity (Wildman–Crippen MR) is 76.6 cm³/mol. The number of hydrogen-bond donors (Lipinski definition) is 1. The van der Waals surface area contributed by atoms with Crippen molar-refractivity contribution in [2.24, 2.45) is 11.8 Å². The Labute approximate surface area is 113 Å². The van der Waals surface area contributed by atoms with E-state index in [1.807, 2.05) is 13.8 Å². The van der Waals surface area contributed by atoms with E-state index >= 15 is 0 Å². The topological polar surface area (TPSA) is 38.3 Å². The van der Waals surface area contributed by atoms with Crippen molar-refractivity contribution in [3.8, 4) is 0 Å². The summed E-state index contributed by atoms with van der Waals surface area (Å²) in [7, 11) is 0. The van der Waals surface area contributed by atoms with Crippen LogP contribution in [0.15, 0.2) is 0 Å². The van der Waals surface area contributed by atoms with Gasteiger partial charge in [0.25, 0.3) is 0 Å². The summed E-state index contributed by atoms with van der Waals surface area (Å²) < 4.78 is 4.96. The summed E-state index contributed by atoms with van der Waals surface area (Å²) in [5.41, 5.74) is 0. The molecule has 0 aliphatic heterocycles. The molecule has 1 N–H and O–H groups in total. The van der Waals surface area contributed by atoms with Crippen LogP contribution < -0.4 is 5.32 Å². The molecule has 0 aliphatic carbocycles. The molecule has 3 nitrogen and oxygen atoms in total. The van der Waals surface area contributed by atoms with E-state index in [2.05, 4.69) is 19.2 Å². The zero-order valence-corrected chi connectivity index (χ0v) is 12.6. The van der Waals surface area contributed by atoms with Crippen molar-refractivity contribution in [3.63, 3.8) is 0 Å². The molecule has 0 saturated carbocycles. The third-order valence-electron chi connectivity index (χ3n) is 3.02. The lowest BCUT2D eigenvalue weighted by Crippen LogP contribution is -2.28. The molecular weight excluding hydrogens is 226 g/mol. The van der Waals surface area contributed by atoms with E-state index in [0.717, 1.165) is 19.0 Å². The lowest BCUT2D eigenvalue weighted by atomic mass is 10.0. The fraction of sp³-hybridized carbons (Fsp3) is 0.933. The molecule has 0 heterocycles. The predicted octanol–water partition coefficient (Wildman–Crippen LogP) is 3.38. The minimum atomic E-state index is -0.0954. The Balaban J connectivity index is 3.27. The Kier molecular flexibility index (Phi) is 11.2. The molecule has 0 aromatic heterocycles. The SMILES string of the molecule is CCOC(=O)C(C)CNCCCCCCC(C)C. The molecule has 0 radical (unpaired) electrons. The van der Waals surface area contributed by atoms with Crippen LogP contribution in [0, 0.1) is 11.8 Å². The first-order valence-corrected chi connectivity index (χ1v) is 7.45. The second-order valence-electron chi connectivity index (χ2n) is 5.45. The highest BCUT2D eigenvalue weighted by molar-refractivity contribution is 5.72. The van der Waals surface area contributed by atoms with Gasteiger partial charge in [0.05, 0.1) is 12.5 Å². The van der Waals surface area contributed by atoms with Gasteiger partial charge in [-0.1, -0.05) is 46.5 Å². The molecule has 1 unspecified atom stereocenters. The smallest absolute Gasteiger partial charge is 0.309 e. The van der Waals surface area contributed by atoms with E-state index in [0.29, 0.717) is 6.61 Å². The van der Waals surface area contributed by atoms with Gasteiger partial charge < -0.3 is 10.1 Å². The molecule has 0 amide bonds. The fourth-order valence-electron chi connectivity index (χ4n) is 1.84. The van der Waals surface area contributed by atoms with Crippen molar-refractivity contribution in [1.82, 2.24) is 5.32 Å². The first-order valence-electron chi connectivity index (χ1n) is 7.45. The maximum atomic E-state index is 11.3. The van der Waals surface area contributed by atoms with Gasteiger partial charge in [0, 0.05) is 6.54 Å². The maximum absolute atomic E-state index is 11.3. The van der Waals surface area contributed by atoms with Crippen molar-refractivity contribution >= 4 is 5.97 Å². The Morgan fingerprint density at radius 2 is 1.78 bits per heavy atom. The molecular formula is C15H31NO2. The summed E-state index contributed by atoms with van der Waals surface area (Å²) in [6, 6.07) is 0. The fourth-order valence-corrected chi connectivity index (χ4v) is 1.84. The Bertz CT molecular complexity index is 205. The molecule has 0 aromatic carbocycles. The quantitative estimate of drug-likeness (QED) is 0.455. The van der Waals surface area contributed by atoms with Crippen LogP contribution in [0.3, 0.4) is 0 Å². The van der Waals surface area contributed by atoms with E-state index in [1.165, 1.54) is 32.1 Å². The standard InChI is InChI=1S/C15H31NO2/c1-5-18-15(17)14(4)12-16-11-9-7-6-8-10-13(2)3/h13-14,16H,5-12H2,1-4H3. The number of carbonyl (C=O) groups is 1. The highest BCUT2D eigenvalue weighted by Crippen LogP contribution is 2.09. The molecule has 1 atom stereocenters. The van der Waals surface area contributed by atoms with Crippen molar-refractivity contribution in [2.75, 3.05) is 19.7 Å². The molecule has 18 heavy (non-hydrogen) atoms. The summed E-state index contributed by atoms with van der Waals surface area (Å²) in [5, 5.41) is 3.32. The minimum absolute atomic E-state index is 0.0362. The lowest BCUT2D eigenvalue weighted by Gasteiger charge is -2.11. The Hall–Kier alpha value is -0.570. The Morgan fingerprint density at radius 1 is 1.11 bits per heavy atom. The largest absolute Gasteiger partial charge is 0.466 e.